The Hall–Kier alpha value is -2.27. The molecule has 0 atom stereocenters. The summed E-state index contributed by atoms with van der Waals surface area (Å²) >= 11 is 1.64. The maximum absolute atomic E-state index is 11.9. The minimum absolute atomic E-state index is 0.246. The molecule has 0 aromatic heterocycles. The van der Waals surface area contributed by atoms with Crippen molar-refractivity contribution in [2.45, 2.75) is 78.0 Å². The Labute approximate surface area is 178 Å². The van der Waals surface area contributed by atoms with Gasteiger partial charge in [-0.2, -0.15) is 0 Å². The molecule has 5 heteroatoms. The number of benzene rings is 2. The molecule has 0 fully saturated rings. The van der Waals surface area contributed by atoms with E-state index in [1.54, 1.807) is 25.6 Å². The van der Waals surface area contributed by atoms with Gasteiger partial charge in [0.2, 0.25) is 0 Å². The number of esters is 2. The first-order valence-corrected chi connectivity index (χ1v) is 10.7. The highest BCUT2D eigenvalue weighted by Crippen LogP contribution is 2.44. The zero-order valence-corrected chi connectivity index (χ0v) is 19.4. The van der Waals surface area contributed by atoms with Gasteiger partial charge in [-0.3, -0.25) is 9.59 Å². The highest BCUT2D eigenvalue weighted by Gasteiger charge is 2.19. The molecule has 0 unspecified atom stereocenters. The van der Waals surface area contributed by atoms with Gasteiger partial charge in [-0.05, 0) is 75.9 Å². The maximum atomic E-state index is 11.9. The van der Waals surface area contributed by atoms with E-state index in [4.69, 9.17) is 9.47 Å². The van der Waals surface area contributed by atoms with Gasteiger partial charge in [-0.1, -0.05) is 25.6 Å². The lowest BCUT2D eigenvalue weighted by atomic mass is 10.1. The summed E-state index contributed by atoms with van der Waals surface area (Å²) in [5, 5.41) is 0. The number of rotatable bonds is 6. The number of ether oxygens (including phenoxy) is 2. The van der Waals surface area contributed by atoms with Gasteiger partial charge in [-0.15, -0.1) is 0 Å². The van der Waals surface area contributed by atoms with E-state index in [2.05, 4.69) is 13.8 Å². The van der Waals surface area contributed by atoms with E-state index in [-0.39, 0.29) is 11.9 Å². The monoisotopic (exact) mass is 414 g/mol. The molecular weight excluding hydrogens is 384 g/mol. The van der Waals surface area contributed by atoms with Crippen molar-refractivity contribution in [3.63, 3.8) is 0 Å². The first-order chi connectivity index (χ1) is 13.6. The lowest BCUT2D eigenvalue weighted by Gasteiger charge is -2.20. The van der Waals surface area contributed by atoms with Crippen LogP contribution in [0.1, 0.15) is 60.1 Å². The van der Waals surface area contributed by atoms with Crippen molar-refractivity contribution in [1.29, 1.82) is 0 Å². The summed E-state index contributed by atoms with van der Waals surface area (Å²) in [5.41, 5.74) is 6.31. The Morgan fingerprint density at radius 3 is 1.34 bits per heavy atom. The smallest absolute Gasteiger partial charge is 0.310 e. The molecule has 29 heavy (non-hydrogen) atoms. The van der Waals surface area contributed by atoms with Crippen LogP contribution in [0.2, 0.25) is 0 Å². The van der Waals surface area contributed by atoms with Crippen molar-refractivity contribution in [2.24, 2.45) is 0 Å². The molecule has 0 aliphatic rings. The quantitative estimate of drug-likeness (QED) is 0.409. The molecule has 4 nitrogen and oxygen atoms in total. The number of carbonyl (C=O) groups excluding carboxylic acids is 2. The normalized spacial score (nSPS) is 10.8. The van der Waals surface area contributed by atoms with Crippen molar-refractivity contribution in [3.8, 4) is 11.5 Å². The Balaban J connectivity index is 2.59. The highest BCUT2D eigenvalue weighted by atomic mass is 32.2. The molecule has 0 heterocycles. The van der Waals surface area contributed by atoms with E-state index >= 15 is 0 Å². The van der Waals surface area contributed by atoms with Crippen LogP contribution in [0.25, 0.3) is 0 Å². The van der Waals surface area contributed by atoms with Crippen molar-refractivity contribution in [3.05, 3.63) is 45.5 Å². The number of hydrogen-bond acceptors (Lipinski definition) is 5. The third-order valence-corrected chi connectivity index (χ3v) is 6.84. The van der Waals surface area contributed by atoms with Gasteiger partial charge >= 0.3 is 11.9 Å². The van der Waals surface area contributed by atoms with Gasteiger partial charge in [0.25, 0.3) is 0 Å². The molecule has 0 spiro atoms. The molecule has 0 N–H and O–H groups in total. The summed E-state index contributed by atoms with van der Waals surface area (Å²) in [7, 11) is 0. The van der Waals surface area contributed by atoms with Crippen molar-refractivity contribution < 1.29 is 19.1 Å². The Morgan fingerprint density at radius 1 is 0.690 bits per heavy atom. The molecule has 2 aromatic rings. The molecule has 0 aliphatic carbocycles. The van der Waals surface area contributed by atoms with Crippen LogP contribution in [0, 0.1) is 41.5 Å². The first kappa shape index (κ1) is 23.0. The van der Waals surface area contributed by atoms with E-state index in [1.165, 1.54) is 0 Å². The summed E-state index contributed by atoms with van der Waals surface area (Å²) in [6.45, 7) is 15.7. The van der Waals surface area contributed by atoms with Crippen LogP contribution in [0.5, 0.6) is 11.5 Å². The zero-order valence-electron chi connectivity index (χ0n) is 18.6. The average molecular weight is 415 g/mol. The summed E-state index contributed by atoms with van der Waals surface area (Å²) in [4.78, 5) is 25.8. The molecule has 2 rings (SSSR count). The number of aryl methyl sites for hydroxylation is 2. The van der Waals surface area contributed by atoms with Gasteiger partial charge in [0.05, 0.1) is 0 Å². The molecule has 2 aromatic carbocycles. The lowest BCUT2D eigenvalue weighted by Crippen LogP contribution is -2.09. The fraction of sp³-hybridized carbons (Fsp3) is 0.417. The van der Waals surface area contributed by atoms with E-state index in [0.29, 0.717) is 24.3 Å². The second kappa shape index (κ2) is 9.49. The van der Waals surface area contributed by atoms with Crippen LogP contribution in [-0.4, -0.2) is 11.9 Å². The van der Waals surface area contributed by atoms with Crippen LogP contribution in [0.15, 0.2) is 21.9 Å². The molecule has 0 saturated carbocycles. The number of carbonyl (C=O) groups is 2. The van der Waals surface area contributed by atoms with Gasteiger partial charge in [-0.25, -0.2) is 0 Å². The SMILES string of the molecule is CCC(=O)Oc1cc(C)c(C)c(Sc2c(C)c(C)cc(OC(=O)CC)c2C)c1C. The van der Waals surface area contributed by atoms with Gasteiger partial charge in [0.1, 0.15) is 11.5 Å². The van der Waals surface area contributed by atoms with Crippen LogP contribution in [-0.2, 0) is 9.59 Å². The predicted molar refractivity (Wildman–Crippen MR) is 117 cm³/mol. The van der Waals surface area contributed by atoms with Crippen molar-refractivity contribution >= 4 is 23.7 Å². The minimum Gasteiger partial charge on any atom is -0.426 e. The van der Waals surface area contributed by atoms with Crippen LogP contribution >= 0.6 is 11.8 Å². The summed E-state index contributed by atoms with van der Waals surface area (Å²) in [6.07, 6.45) is 0.661. The summed E-state index contributed by atoms with van der Waals surface area (Å²) in [6, 6.07) is 3.85. The number of hydrogen-bond donors (Lipinski definition) is 0. The molecular formula is C24H30O4S. The van der Waals surface area contributed by atoms with E-state index in [0.717, 1.165) is 43.2 Å². The Kier molecular flexibility index (Phi) is 7.53. The van der Waals surface area contributed by atoms with Crippen LogP contribution in [0.3, 0.4) is 0 Å². The summed E-state index contributed by atoms with van der Waals surface area (Å²) < 4.78 is 11.1. The fourth-order valence-electron chi connectivity index (χ4n) is 2.98. The third-order valence-electron chi connectivity index (χ3n) is 5.21. The standard InChI is InChI=1S/C24H30O4S/c1-9-21(25)27-19-11-13(3)15(5)23(17(19)7)29-24-16(6)14(4)12-20(18(24)8)28-22(26)10-2/h11-12H,9-10H2,1-8H3. The molecule has 0 radical (unpaired) electrons. The minimum atomic E-state index is -0.246. The van der Waals surface area contributed by atoms with Gasteiger partial charge in [0, 0.05) is 33.8 Å². The van der Waals surface area contributed by atoms with E-state index in [1.807, 2.05) is 39.8 Å². The maximum Gasteiger partial charge on any atom is 0.310 e. The predicted octanol–water partition coefficient (Wildman–Crippen LogP) is 6.32. The van der Waals surface area contributed by atoms with E-state index < -0.39 is 0 Å². The van der Waals surface area contributed by atoms with Crippen LogP contribution in [0.4, 0.5) is 0 Å². The van der Waals surface area contributed by atoms with Gasteiger partial charge < -0.3 is 9.47 Å². The van der Waals surface area contributed by atoms with Crippen LogP contribution < -0.4 is 9.47 Å². The zero-order chi connectivity index (χ0) is 21.9. The Morgan fingerprint density at radius 2 is 1.03 bits per heavy atom. The molecule has 0 aliphatic heterocycles. The van der Waals surface area contributed by atoms with Crippen molar-refractivity contribution in [2.75, 3.05) is 0 Å². The molecule has 0 amide bonds. The second-order valence-corrected chi connectivity index (χ2v) is 8.32. The highest BCUT2D eigenvalue weighted by molar-refractivity contribution is 7.99. The third kappa shape index (κ3) is 5.02. The molecule has 0 saturated heterocycles. The second-order valence-electron chi connectivity index (χ2n) is 7.30. The molecule has 156 valence electrons. The average Bonchev–Trinajstić information content (AvgIpc) is 2.69. The van der Waals surface area contributed by atoms with Gasteiger partial charge in [0.15, 0.2) is 0 Å². The van der Waals surface area contributed by atoms with E-state index in [9.17, 15) is 9.59 Å². The summed E-state index contributed by atoms with van der Waals surface area (Å²) in [5.74, 6) is 0.707. The first-order valence-electron chi connectivity index (χ1n) is 9.91. The largest absolute Gasteiger partial charge is 0.426 e. The lowest BCUT2D eigenvalue weighted by molar-refractivity contribution is -0.135. The Bertz CT molecular complexity index is 883. The van der Waals surface area contributed by atoms with Crippen molar-refractivity contribution in [1.82, 2.24) is 0 Å². The molecule has 0 bridgehead atoms. The fourth-order valence-corrected chi connectivity index (χ4v) is 4.32. The topological polar surface area (TPSA) is 52.6 Å².